The molecule has 0 atom stereocenters. The molecule has 2 heterocycles. The zero-order chi connectivity index (χ0) is 16.7. The SMILES string of the molecule is CCNC(=NCc1cc(CC)no1)NCC(C)(C)c1cccs1. The molecule has 0 unspecified atom stereocenters. The normalized spacial score (nSPS) is 12.4. The van der Waals surface area contributed by atoms with Gasteiger partial charge in [0, 0.05) is 29.4 Å². The molecule has 0 bridgehead atoms. The van der Waals surface area contributed by atoms with Crippen molar-refractivity contribution in [1.29, 1.82) is 0 Å². The van der Waals surface area contributed by atoms with Crippen LogP contribution in [0.25, 0.3) is 0 Å². The fraction of sp³-hybridized carbons (Fsp3) is 0.529. The van der Waals surface area contributed by atoms with Crippen molar-refractivity contribution < 1.29 is 4.52 Å². The number of aromatic nitrogens is 1. The van der Waals surface area contributed by atoms with Gasteiger partial charge in [0.15, 0.2) is 11.7 Å². The Bertz CT molecular complexity index is 616. The third-order valence-corrected chi connectivity index (χ3v) is 4.83. The van der Waals surface area contributed by atoms with E-state index in [0.29, 0.717) is 6.54 Å². The van der Waals surface area contributed by atoms with Crippen LogP contribution in [0.2, 0.25) is 0 Å². The van der Waals surface area contributed by atoms with E-state index in [2.05, 4.69) is 66.0 Å². The Balaban J connectivity index is 1.96. The number of hydrogen-bond acceptors (Lipinski definition) is 4. The lowest BCUT2D eigenvalue weighted by molar-refractivity contribution is 0.379. The predicted octanol–water partition coefficient (Wildman–Crippen LogP) is 3.33. The minimum absolute atomic E-state index is 0.0615. The van der Waals surface area contributed by atoms with Crippen LogP contribution in [0.1, 0.15) is 44.0 Å². The molecule has 0 amide bonds. The smallest absolute Gasteiger partial charge is 0.191 e. The van der Waals surface area contributed by atoms with Crippen LogP contribution in [-0.2, 0) is 18.4 Å². The fourth-order valence-electron chi connectivity index (χ4n) is 2.15. The van der Waals surface area contributed by atoms with Gasteiger partial charge in [-0.25, -0.2) is 4.99 Å². The molecule has 2 rings (SSSR count). The Kier molecular flexibility index (Phi) is 6.21. The second kappa shape index (κ2) is 8.15. The van der Waals surface area contributed by atoms with E-state index >= 15 is 0 Å². The van der Waals surface area contributed by atoms with Gasteiger partial charge in [-0.2, -0.15) is 0 Å². The second-order valence-corrected chi connectivity index (χ2v) is 7.00. The van der Waals surface area contributed by atoms with Gasteiger partial charge >= 0.3 is 0 Å². The Labute approximate surface area is 142 Å². The van der Waals surface area contributed by atoms with E-state index in [4.69, 9.17) is 4.52 Å². The maximum atomic E-state index is 5.28. The first-order chi connectivity index (χ1) is 11.0. The number of nitrogens with one attached hydrogen (secondary N) is 2. The van der Waals surface area contributed by atoms with Crippen LogP contribution in [0.5, 0.6) is 0 Å². The van der Waals surface area contributed by atoms with Crippen LogP contribution in [0.3, 0.4) is 0 Å². The number of thiophene rings is 1. The van der Waals surface area contributed by atoms with Crippen molar-refractivity contribution in [3.05, 3.63) is 39.9 Å². The minimum atomic E-state index is 0.0615. The fourth-order valence-corrected chi connectivity index (χ4v) is 3.00. The van der Waals surface area contributed by atoms with Crippen LogP contribution in [0.4, 0.5) is 0 Å². The molecule has 2 aromatic heterocycles. The Morgan fingerprint density at radius 1 is 1.35 bits per heavy atom. The van der Waals surface area contributed by atoms with Crippen LogP contribution in [-0.4, -0.2) is 24.2 Å². The van der Waals surface area contributed by atoms with Gasteiger partial charge in [0.05, 0.1) is 5.69 Å². The molecule has 0 radical (unpaired) electrons. The van der Waals surface area contributed by atoms with E-state index in [9.17, 15) is 0 Å². The monoisotopic (exact) mass is 334 g/mol. The molecule has 5 nitrogen and oxygen atoms in total. The third-order valence-electron chi connectivity index (χ3n) is 3.59. The average Bonchev–Trinajstić information content (AvgIpc) is 3.21. The van der Waals surface area contributed by atoms with Gasteiger partial charge in [-0.3, -0.25) is 0 Å². The van der Waals surface area contributed by atoms with Gasteiger partial charge < -0.3 is 15.2 Å². The molecular formula is C17H26N4OS. The first-order valence-electron chi connectivity index (χ1n) is 8.05. The molecule has 0 saturated heterocycles. The molecule has 0 fully saturated rings. The Hall–Kier alpha value is -1.82. The average molecular weight is 334 g/mol. The molecule has 2 aromatic rings. The van der Waals surface area contributed by atoms with E-state index in [1.165, 1.54) is 4.88 Å². The number of guanidine groups is 1. The number of nitrogens with zero attached hydrogens (tertiary/aromatic N) is 2. The Morgan fingerprint density at radius 2 is 2.17 bits per heavy atom. The lowest BCUT2D eigenvalue weighted by atomic mass is 9.91. The van der Waals surface area contributed by atoms with Crippen LogP contribution < -0.4 is 10.6 Å². The highest BCUT2D eigenvalue weighted by molar-refractivity contribution is 7.10. The van der Waals surface area contributed by atoms with E-state index < -0.39 is 0 Å². The maximum Gasteiger partial charge on any atom is 0.191 e. The molecule has 126 valence electrons. The molecule has 0 saturated carbocycles. The summed E-state index contributed by atoms with van der Waals surface area (Å²) >= 11 is 1.79. The van der Waals surface area contributed by atoms with Gasteiger partial charge in [0.25, 0.3) is 0 Å². The summed E-state index contributed by atoms with van der Waals surface area (Å²) in [6.07, 6.45) is 0.876. The van der Waals surface area contributed by atoms with Crippen LogP contribution in [0.15, 0.2) is 33.1 Å². The summed E-state index contributed by atoms with van der Waals surface area (Å²) in [5.74, 6) is 1.59. The summed E-state index contributed by atoms with van der Waals surface area (Å²) in [6, 6.07) is 6.23. The zero-order valence-electron chi connectivity index (χ0n) is 14.3. The molecule has 6 heteroatoms. The lowest BCUT2D eigenvalue weighted by Crippen LogP contribution is -2.43. The summed E-state index contributed by atoms with van der Waals surface area (Å²) in [4.78, 5) is 5.94. The van der Waals surface area contributed by atoms with E-state index in [0.717, 1.165) is 36.9 Å². The maximum absolute atomic E-state index is 5.28. The van der Waals surface area contributed by atoms with Gasteiger partial charge in [-0.1, -0.05) is 32.0 Å². The molecule has 0 spiro atoms. The molecule has 0 aliphatic rings. The molecule has 0 aromatic carbocycles. The van der Waals surface area contributed by atoms with Crippen molar-refractivity contribution in [1.82, 2.24) is 15.8 Å². The topological polar surface area (TPSA) is 62.5 Å². The van der Waals surface area contributed by atoms with Gasteiger partial charge in [-0.15, -0.1) is 11.3 Å². The number of aryl methyl sites for hydroxylation is 1. The number of aliphatic imine (C=N–C) groups is 1. The van der Waals surface area contributed by atoms with Crippen molar-refractivity contribution >= 4 is 17.3 Å². The predicted molar refractivity (Wildman–Crippen MR) is 96.0 cm³/mol. The standard InChI is InChI=1S/C17H26N4OS/c1-5-13-10-14(22-21-13)11-19-16(18-6-2)20-12-17(3,4)15-8-7-9-23-15/h7-10H,5-6,11-12H2,1-4H3,(H2,18,19,20). The van der Waals surface area contributed by atoms with Crippen molar-refractivity contribution in [3.8, 4) is 0 Å². The summed E-state index contributed by atoms with van der Waals surface area (Å²) in [5, 5.41) is 12.8. The van der Waals surface area contributed by atoms with E-state index in [1.807, 2.05) is 6.07 Å². The summed E-state index contributed by atoms with van der Waals surface area (Å²) in [6.45, 7) is 10.7. The van der Waals surface area contributed by atoms with E-state index in [-0.39, 0.29) is 5.41 Å². The lowest BCUT2D eigenvalue weighted by Gasteiger charge is -2.25. The van der Waals surface area contributed by atoms with Gasteiger partial charge in [-0.05, 0) is 24.8 Å². The van der Waals surface area contributed by atoms with Gasteiger partial charge in [0.2, 0.25) is 0 Å². The molecular weight excluding hydrogens is 308 g/mol. The molecule has 2 N–H and O–H groups in total. The van der Waals surface area contributed by atoms with Crippen molar-refractivity contribution in [2.75, 3.05) is 13.1 Å². The third kappa shape index (κ3) is 5.10. The second-order valence-electron chi connectivity index (χ2n) is 6.05. The summed E-state index contributed by atoms with van der Waals surface area (Å²) in [7, 11) is 0. The van der Waals surface area contributed by atoms with Gasteiger partial charge in [0.1, 0.15) is 6.54 Å². The molecule has 23 heavy (non-hydrogen) atoms. The first kappa shape index (κ1) is 17.5. The van der Waals surface area contributed by atoms with Crippen LogP contribution >= 0.6 is 11.3 Å². The number of hydrogen-bond donors (Lipinski definition) is 2. The summed E-state index contributed by atoms with van der Waals surface area (Å²) in [5.41, 5.74) is 1.03. The zero-order valence-corrected chi connectivity index (χ0v) is 15.2. The molecule has 0 aliphatic carbocycles. The molecule has 0 aliphatic heterocycles. The van der Waals surface area contributed by atoms with Crippen molar-refractivity contribution in [2.24, 2.45) is 4.99 Å². The minimum Gasteiger partial charge on any atom is -0.359 e. The van der Waals surface area contributed by atoms with Crippen molar-refractivity contribution in [2.45, 2.75) is 46.1 Å². The van der Waals surface area contributed by atoms with E-state index in [1.54, 1.807) is 11.3 Å². The van der Waals surface area contributed by atoms with Crippen molar-refractivity contribution in [3.63, 3.8) is 0 Å². The largest absolute Gasteiger partial charge is 0.359 e. The first-order valence-corrected chi connectivity index (χ1v) is 8.93. The Morgan fingerprint density at radius 3 is 2.78 bits per heavy atom. The van der Waals surface area contributed by atoms with Crippen LogP contribution in [0, 0.1) is 0 Å². The highest BCUT2D eigenvalue weighted by Crippen LogP contribution is 2.26. The quantitative estimate of drug-likeness (QED) is 0.602. The number of rotatable bonds is 7. The highest BCUT2D eigenvalue weighted by atomic mass is 32.1. The summed E-state index contributed by atoms with van der Waals surface area (Å²) < 4.78 is 5.28. The highest BCUT2D eigenvalue weighted by Gasteiger charge is 2.21.